The molecular formula is C18H17N3O2S. The van der Waals surface area contributed by atoms with Gasteiger partial charge in [-0.2, -0.15) is 0 Å². The van der Waals surface area contributed by atoms with Crippen LogP contribution in [0.15, 0.2) is 54.0 Å². The molecule has 0 bridgehead atoms. The predicted molar refractivity (Wildman–Crippen MR) is 93.4 cm³/mol. The number of morpholine rings is 1. The Kier molecular flexibility index (Phi) is 4.51. The van der Waals surface area contributed by atoms with Crippen LogP contribution in [0.25, 0.3) is 11.4 Å². The number of nitrogens with one attached hydrogen (secondary N) is 1. The smallest absolute Gasteiger partial charge is 0.279 e. The van der Waals surface area contributed by atoms with E-state index in [4.69, 9.17) is 9.47 Å². The van der Waals surface area contributed by atoms with E-state index >= 15 is 0 Å². The summed E-state index contributed by atoms with van der Waals surface area (Å²) < 4.78 is 11.7. The van der Waals surface area contributed by atoms with Crippen LogP contribution < -0.4 is 10.1 Å². The number of nitrogens with zero attached hydrogens (tertiary/aromatic N) is 2. The number of hydrogen-bond acceptors (Lipinski definition) is 6. The predicted octanol–water partition coefficient (Wildman–Crippen LogP) is 3.66. The highest BCUT2D eigenvalue weighted by Gasteiger charge is 2.16. The zero-order chi connectivity index (χ0) is 16.2. The number of aromatic nitrogens is 2. The Hall–Kier alpha value is -2.28. The standard InChI is InChI=1S/C18H17N3O2S/c1-2-7-20-15(6-1)16-12-24-18(21-16)23-14-5-3-4-13(10-14)17-11-19-8-9-22-17/h1-7,10,12,17,19H,8-9,11H2. The van der Waals surface area contributed by atoms with Crippen molar-refractivity contribution >= 4 is 11.3 Å². The van der Waals surface area contributed by atoms with Crippen molar-refractivity contribution in [3.8, 4) is 22.3 Å². The van der Waals surface area contributed by atoms with Gasteiger partial charge in [0.25, 0.3) is 5.19 Å². The minimum absolute atomic E-state index is 0.0719. The van der Waals surface area contributed by atoms with Crippen LogP contribution in [0, 0.1) is 0 Å². The first-order valence-electron chi connectivity index (χ1n) is 7.85. The number of thiazole rings is 1. The summed E-state index contributed by atoms with van der Waals surface area (Å²) in [6.07, 6.45) is 1.83. The third-order valence-corrected chi connectivity index (χ3v) is 4.49. The average Bonchev–Trinajstić information content (AvgIpc) is 3.12. The molecule has 1 atom stereocenters. The lowest BCUT2D eigenvalue weighted by atomic mass is 10.1. The second-order valence-corrected chi connectivity index (χ2v) is 6.27. The third-order valence-electron chi connectivity index (χ3n) is 3.77. The summed E-state index contributed by atoms with van der Waals surface area (Å²) >= 11 is 1.46. The SMILES string of the molecule is c1ccc(-c2csc(Oc3cccc(C4CNCCO4)c3)n2)nc1. The van der Waals surface area contributed by atoms with E-state index in [0.717, 1.165) is 42.4 Å². The third kappa shape index (κ3) is 3.46. The van der Waals surface area contributed by atoms with Crippen LogP contribution in [0.1, 0.15) is 11.7 Å². The molecule has 5 nitrogen and oxygen atoms in total. The molecule has 0 amide bonds. The summed E-state index contributed by atoms with van der Waals surface area (Å²) in [4.78, 5) is 8.82. The Bertz CT molecular complexity index is 801. The van der Waals surface area contributed by atoms with E-state index in [1.54, 1.807) is 6.20 Å². The zero-order valence-electron chi connectivity index (χ0n) is 13.0. The van der Waals surface area contributed by atoms with Crippen molar-refractivity contribution in [1.29, 1.82) is 0 Å². The highest BCUT2D eigenvalue weighted by molar-refractivity contribution is 7.11. The van der Waals surface area contributed by atoms with Crippen LogP contribution in [0.2, 0.25) is 0 Å². The van der Waals surface area contributed by atoms with Crippen molar-refractivity contribution in [2.24, 2.45) is 0 Å². The number of pyridine rings is 1. The van der Waals surface area contributed by atoms with Crippen LogP contribution in [-0.4, -0.2) is 29.7 Å². The maximum absolute atomic E-state index is 5.92. The number of rotatable bonds is 4. The lowest BCUT2D eigenvalue weighted by Crippen LogP contribution is -2.33. The van der Waals surface area contributed by atoms with E-state index < -0.39 is 0 Å². The summed E-state index contributed by atoms with van der Waals surface area (Å²) in [6, 6.07) is 13.8. The van der Waals surface area contributed by atoms with Gasteiger partial charge in [-0.05, 0) is 29.8 Å². The molecule has 1 N–H and O–H groups in total. The Morgan fingerprint density at radius 2 is 2.17 bits per heavy atom. The zero-order valence-corrected chi connectivity index (χ0v) is 13.8. The molecule has 1 aliphatic rings. The molecule has 1 saturated heterocycles. The summed E-state index contributed by atoms with van der Waals surface area (Å²) in [7, 11) is 0. The molecule has 6 heteroatoms. The highest BCUT2D eigenvalue weighted by Crippen LogP contribution is 2.30. The Morgan fingerprint density at radius 1 is 1.17 bits per heavy atom. The molecule has 3 aromatic rings. The monoisotopic (exact) mass is 339 g/mol. The van der Waals surface area contributed by atoms with Gasteiger partial charge >= 0.3 is 0 Å². The molecular weight excluding hydrogens is 322 g/mol. The quantitative estimate of drug-likeness (QED) is 0.786. The van der Waals surface area contributed by atoms with Crippen molar-refractivity contribution in [2.75, 3.05) is 19.7 Å². The topological polar surface area (TPSA) is 56.3 Å². The first kappa shape index (κ1) is 15.3. The molecule has 122 valence electrons. The normalized spacial score (nSPS) is 17.6. The second-order valence-electron chi connectivity index (χ2n) is 5.45. The van der Waals surface area contributed by atoms with Gasteiger partial charge in [-0.3, -0.25) is 4.98 Å². The van der Waals surface area contributed by atoms with E-state index in [1.807, 2.05) is 41.8 Å². The highest BCUT2D eigenvalue weighted by atomic mass is 32.1. The van der Waals surface area contributed by atoms with Gasteiger partial charge in [0.1, 0.15) is 11.4 Å². The molecule has 24 heavy (non-hydrogen) atoms. The Morgan fingerprint density at radius 3 is 3.00 bits per heavy atom. The fraction of sp³-hybridized carbons (Fsp3) is 0.222. The van der Waals surface area contributed by atoms with Crippen LogP contribution in [0.3, 0.4) is 0 Å². The van der Waals surface area contributed by atoms with Crippen LogP contribution in [0.4, 0.5) is 0 Å². The summed E-state index contributed by atoms with van der Waals surface area (Å²) in [5, 5.41) is 5.90. The van der Waals surface area contributed by atoms with Gasteiger partial charge in [0, 0.05) is 24.7 Å². The van der Waals surface area contributed by atoms with Gasteiger partial charge in [0.15, 0.2) is 0 Å². The first-order valence-corrected chi connectivity index (χ1v) is 8.73. The number of benzene rings is 1. The van der Waals surface area contributed by atoms with E-state index in [1.165, 1.54) is 11.3 Å². The second kappa shape index (κ2) is 7.09. The first-order chi connectivity index (χ1) is 11.9. The number of hydrogen-bond donors (Lipinski definition) is 1. The number of ether oxygens (including phenoxy) is 2. The van der Waals surface area contributed by atoms with Gasteiger partial charge in [0.2, 0.25) is 0 Å². The minimum Gasteiger partial charge on any atom is -0.431 e. The molecule has 0 aliphatic carbocycles. The van der Waals surface area contributed by atoms with Gasteiger partial charge < -0.3 is 14.8 Å². The van der Waals surface area contributed by atoms with E-state index in [-0.39, 0.29) is 6.10 Å². The largest absolute Gasteiger partial charge is 0.431 e. The summed E-state index contributed by atoms with van der Waals surface area (Å²) in [5.41, 5.74) is 2.78. The molecule has 0 spiro atoms. The molecule has 1 aromatic carbocycles. The fourth-order valence-electron chi connectivity index (χ4n) is 2.59. The molecule has 2 aromatic heterocycles. The molecule has 1 unspecified atom stereocenters. The Labute approximate surface area is 144 Å². The Balaban J connectivity index is 1.50. The van der Waals surface area contributed by atoms with E-state index in [0.29, 0.717) is 5.19 Å². The van der Waals surface area contributed by atoms with Gasteiger partial charge in [-0.1, -0.05) is 29.5 Å². The van der Waals surface area contributed by atoms with Gasteiger partial charge in [-0.25, -0.2) is 4.98 Å². The maximum atomic E-state index is 5.92. The van der Waals surface area contributed by atoms with Gasteiger partial charge in [0.05, 0.1) is 18.4 Å². The summed E-state index contributed by atoms with van der Waals surface area (Å²) in [5.74, 6) is 0.767. The van der Waals surface area contributed by atoms with Crippen molar-refractivity contribution in [2.45, 2.75) is 6.10 Å². The van der Waals surface area contributed by atoms with Crippen molar-refractivity contribution in [3.63, 3.8) is 0 Å². The molecule has 3 heterocycles. The molecule has 1 fully saturated rings. The van der Waals surface area contributed by atoms with Gasteiger partial charge in [-0.15, -0.1) is 0 Å². The van der Waals surface area contributed by atoms with Crippen molar-refractivity contribution < 1.29 is 9.47 Å². The van der Waals surface area contributed by atoms with Crippen LogP contribution >= 0.6 is 11.3 Å². The van der Waals surface area contributed by atoms with E-state index in [9.17, 15) is 0 Å². The molecule has 1 aliphatic heterocycles. The fourth-order valence-corrected chi connectivity index (χ4v) is 3.28. The molecule has 0 radical (unpaired) electrons. The van der Waals surface area contributed by atoms with Crippen molar-refractivity contribution in [3.05, 3.63) is 59.6 Å². The van der Waals surface area contributed by atoms with Crippen LogP contribution in [-0.2, 0) is 4.74 Å². The maximum Gasteiger partial charge on any atom is 0.279 e. The lowest BCUT2D eigenvalue weighted by molar-refractivity contribution is 0.0276. The lowest BCUT2D eigenvalue weighted by Gasteiger charge is -2.24. The average molecular weight is 339 g/mol. The summed E-state index contributed by atoms with van der Waals surface area (Å²) in [6.45, 7) is 2.46. The minimum atomic E-state index is 0.0719. The van der Waals surface area contributed by atoms with Crippen molar-refractivity contribution in [1.82, 2.24) is 15.3 Å². The van der Waals surface area contributed by atoms with E-state index in [2.05, 4.69) is 21.4 Å². The molecule has 4 rings (SSSR count). The molecule has 0 saturated carbocycles. The van der Waals surface area contributed by atoms with Crippen LogP contribution in [0.5, 0.6) is 10.9 Å².